The summed E-state index contributed by atoms with van der Waals surface area (Å²) < 4.78 is 49.7. The molecule has 1 spiro atoms. The summed E-state index contributed by atoms with van der Waals surface area (Å²) in [6.07, 6.45) is 0.172. The van der Waals surface area contributed by atoms with E-state index in [-0.39, 0.29) is 30.9 Å². The van der Waals surface area contributed by atoms with Gasteiger partial charge in [0.1, 0.15) is 12.1 Å². The van der Waals surface area contributed by atoms with Crippen molar-refractivity contribution in [1.29, 1.82) is 0 Å². The molecule has 2 amide bonds. The largest absolute Gasteiger partial charge is 0.479 e. The second-order valence-electron chi connectivity index (χ2n) is 15.3. The fourth-order valence-electron chi connectivity index (χ4n) is 9.99. The zero-order valence-electron chi connectivity index (χ0n) is 28.3. The first-order valence-corrected chi connectivity index (χ1v) is 17.7. The SMILES string of the molecule is Cc1ccc2c(c1)C1(CCN(C(=O)OCc3ccccc3)CC1)CN2c1ncc(C(=O)NC2(C(=O)O)C3CC4CC(C3)CC2C4)c(C(F)(F)F)n1. The summed E-state index contributed by atoms with van der Waals surface area (Å²) in [5, 5.41) is 13.1. The molecule has 2 aliphatic heterocycles. The molecule has 3 aromatic rings. The van der Waals surface area contributed by atoms with Gasteiger partial charge >= 0.3 is 18.2 Å². The number of halogens is 3. The van der Waals surface area contributed by atoms with Crippen molar-refractivity contribution in [3.63, 3.8) is 0 Å². The fourth-order valence-corrected chi connectivity index (χ4v) is 9.99. The number of amides is 2. The maximum atomic E-state index is 14.7. The van der Waals surface area contributed by atoms with Gasteiger partial charge in [-0.25, -0.2) is 19.6 Å². The molecule has 13 heteroatoms. The Morgan fingerprint density at radius 1 is 0.980 bits per heavy atom. The Morgan fingerprint density at radius 3 is 2.27 bits per heavy atom. The van der Waals surface area contributed by atoms with Crippen molar-refractivity contribution in [3.8, 4) is 0 Å². The quantitative estimate of drug-likeness (QED) is 0.293. The van der Waals surface area contributed by atoms with E-state index in [1.165, 1.54) is 0 Å². The Hall–Kier alpha value is -4.68. The number of carbonyl (C=O) groups is 3. The van der Waals surface area contributed by atoms with E-state index in [0.717, 1.165) is 29.3 Å². The first-order chi connectivity index (χ1) is 24.4. The molecule has 4 bridgehead atoms. The van der Waals surface area contributed by atoms with Crippen molar-refractivity contribution >= 4 is 29.6 Å². The van der Waals surface area contributed by atoms with Crippen LogP contribution in [0.25, 0.3) is 0 Å². The number of aliphatic carboxylic acids is 1. The number of aromatic nitrogens is 2. The number of carboxylic acids is 1. The maximum Gasteiger partial charge on any atom is 0.434 e. The van der Waals surface area contributed by atoms with Gasteiger partial charge in [0.15, 0.2) is 5.69 Å². The van der Waals surface area contributed by atoms with Crippen molar-refractivity contribution in [1.82, 2.24) is 20.2 Å². The monoisotopic (exact) mass is 703 g/mol. The fraction of sp³-hybridized carbons (Fsp3) is 0.500. The topological polar surface area (TPSA) is 125 Å². The lowest BCUT2D eigenvalue weighted by atomic mass is 9.48. The lowest BCUT2D eigenvalue weighted by Gasteiger charge is -2.59. The Kier molecular flexibility index (Phi) is 8.02. The van der Waals surface area contributed by atoms with Gasteiger partial charge in [-0.3, -0.25) is 4.79 Å². The molecule has 2 aromatic carbocycles. The average Bonchev–Trinajstić information content (AvgIpc) is 3.40. The predicted molar refractivity (Wildman–Crippen MR) is 179 cm³/mol. The second kappa shape index (κ2) is 12.2. The number of hydrogen-bond acceptors (Lipinski definition) is 7. The van der Waals surface area contributed by atoms with E-state index in [1.807, 2.05) is 55.5 Å². The van der Waals surface area contributed by atoms with E-state index in [1.54, 1.807) is 9.80 Å². The van der Waals surface area contributed by atoms with E-state index in [4.69, 9.17) is 4.74 Å². The molecule has 9 rings (SSSR count). The number of aryl methyl sites for hydroxylation is 1. The second-order valence-corrected chi connectivity index (χ2v) is 15.3. The molecule has 2 N–H and O–H groups in total. The van der Waals surface area contributed by atoms with Crippen molar-refractivity contribution in [2.75, 3.05) is 24.5 Å². The Bertz CT molecular complexity index is 1850. The lowest BCUT2D eigenvalue weighted by molar-refractivity contribution is -0.163. The first kappa shape index (κ1) is 33.5. The van der Waals surface area contributed by atoms with Crippen LogP contribution in [0.2, 0.25) is 0 Å². The summed E-state index contributed by atoms with van der Waals surface area (Å²) in [6, 6.07) is 15.2. The summed E-state index contributed by atoms with van der Waals surface area (Å²) in [6.45, 7) is 3.19. The molecule has 1 aromatic heterocycles. The average molecular weight is 704 g/mol. The van der Waals surface area contributed by atoms with Gasteiger partial charge in [0.2, 0.25) is 5.95 Å². The van der Waals surface area contributed by atoms with Crippen molar-refractivity contribution in [2.45, 2.75) is 75.6 Å². The number of benzene rings is 2. The number of carboxylic acid groups (broad SMARTS) is 1. The molecule has 1 saturated heterocycles. The van der Waals surface area contributed by atoms with Gasteiger partial charge in [0.25, 0.3) is 5.91 Å². The number of nitrogens with one attached hydrogen (secondary N) is 1. The number of ether oxygens (including phenoxy) is 1. The molecule has 268 valence electrons. The number of carbonyl (C=O) groups excluding carboxylic acids is 2. The molecule has 0 atom stereocenters. The minimum Gasteiger partial charge on any atom is -0.479 e. The van der Waals surface area contributed by atoms with E-state index >= 15 is 0 Å². The zero-order chi connectivity index (χ0) is 35.7. The minimum atomic E-state index is -5.01. The van der Waals surface area contributed by atoms with Gasteiger partial charge < -0.3 is 25.0 Å². The molecule has 6 aliphatic rings. The summed E-state index contributed by atoms with van der Waals surface area (Å²) in [5.41, 5.74) is -0.809. The van der Waals surface area contributed by atoms with E-state index in [0.29, 0.717) is 69.1 Å². The van der Waals surface area contributed by atoms with Gasteiger partial charge in [-0.05, 0) is 92.7 Å². The molecule has 5 fully saturated rings. The number of nitrogens with zero attached hydrogens (tertiary/aromatic N) is 4. The molecule has 51 heavy (non-hydrogen) atoms. The van der Waals surface area contributed by atoms with E-state index < -0.39 is 46.4 Å². The third-order valence-corrected chi connectivity index (χ3v) is 12.3. The normalized spacial score (nSPS) is 27.4. The van der Waals surface area contributed by atoms with Crippen LogP contribution in [0.1, 0.15) is 77.7 Å². The van der Waals surface area contributed by atoms with Crippen LogP contribution in [-0.4, -0.2) is 63.1 Å². The number of piperidine rings is 1. The first-order valence-electron chi connectivity index (χ1n) is 17.7. The number of hydrogen-bond donors (Lipinski definition) is 2. The number of likely N-dealkylation sites (tertiary alicyclic amines) is 1. The Labute approximate surface area is 293 Å². The number of alkyl halides is 3. The number of rotatable bonds is 6. The molecule has 10 nitrogen and oxygen atoms in total. The Morgan fingerprint density at radius 2 is 1.65 bits per heavy atom. The summed E-state index contributed by atoms with van der Waals surface area (Å²) in [5.74, 6) is -2.40. The van der Waals surface area contributed by atoms with Gasteiger partial charge in [-0.15, -0.1) is 0 Å². The van der Waals surface area contributed by atoms with Crippen LogP contribution in [0.4, 0.5) is 29.6 Å². The zero-order valence-corrected chi connectivity index (χ0v) is 28.3. The van der Waals surface area contributed by atoms with E-state index in [2.05, 4.69) is 15.3 Å². The van der Waals surface area contributed by atoms with Crippen molar-refractivity contribution < 1.29 is 37.4 Å². The Balaban J connectivity index is 1.05. The van der Waals surface area contributed by atoms with Crippen molar-refractivity contribution in [3.05, 3.63) is 82.7 Å². The number of fused-ring (bicyclic) bond motifs is 2. The molecular formula is C38H40F3N5O5. The highest BCUT2D eigenvalue weighted by Gasteiger charge is 2.62. The lowest BCUT2D eigenvalue weighted by Crippen LogP contribution is -2.70. The van der Waals surface area contributed by atoms with Crippen LogP contribution in [0.5, 0.6) is 0 Å². The van der Waals surface area contributed by atoms with Crippen LogP contribution >= 0.6 is 0 Å². The molecule has 4 saturated carbocycles. The molecular weight excluding hydrogens is 663 g/mol. The smallest absolute Gasteiger partial charge is 0.434 e. The molecule has 0 unspecified atom stereocenters. The van der Waals surface area contributed by atoms with Crippen molar-refractivity contribution in [2.24, 2.45) is 23.7 Å². The third-order valence-electron chi connectivity index (χ3n) is 12.3. The van der Waals surface area contributed by atoms with Crippen LogP contribution in [0.3, 0.4) is 0 Å². The highest BCUT2D eigenvalue weighted by molar-refractivity contribution is 5.99. The van der Waals surface area contributed by atoms with Crippen LogP contribution < -0.4 is 10.2 Å². The maximum absolute atomic E-state index is 14.7. The molecule has 0 radical (unpaired) electrons. The third kappa shape index (κ3) is 5.68. The molecule has 3 heterocycles. The van der Waals surface area contributed by atoms with Gasteiger partial charge in [0.05, 0.1) is 5.56 Å². The molecule has 4 aliphatic carbocycles. The predicted octanol–water partition coefficient (Wildman–Crippen LogP) is 6.64. The summed E-state index contributed by atoms with van der Waals surface area (Å²) >= 11 is 0. The highest BCUT2D eigenvalue weighted by atomic mass is 19.4. The van der Waals surface area contributed by atoms with E-state index in [9.17, 15) is 32.7 Å². The minimum absolute atomic E-state index is 0.156. The van der Waals surface area contributed by atoms with Crippen LogP contribution in [0, 0.1) is 30.6 Å². The highest BCUT2D eigenvalue weighted by Crippen LogP contribution is 2.58. The van der Waals surface area contributed by atoms with Crippen LogP contribution in [0.15, 0.2) is 54.7 Å². The summed E-state index contributed by atoms with van der Waals surface area (Å²) in [7, 11) is 0. The standard InChI is InChI=1S/C38H40F3N5O5/c1-22-7-8-30-29(13-22)36(9-11-45(12-10-36)35(50)51-20-23-5-3-2-4-6-23)21-46(30)34-42-19-28(31(43-34)38(39,40)41)32(47)44-37(33(48)49)26-15-24-14-25(17-26)18-27(37)16-24/h2-8,13,19,24-27H,9-12,14-18,20-21H2,1H3,(H,44,47)(H,48,49). The summed E-state index contributed by atoms with van der Waals surface area (Å²) in [4.78, 5) is 51.1. The van der Waals surface area contributed by atoms with Gasteiger partial charge in [-0.2, -0.15) is 13.2 Å². The van der Waals surface area contributed by atoms with Gasteiger partial charge in [-0.1, -0.05) is 48.0 Å². The van der Waals surface area contributed by atoms with Gasteiger partial charge in [0, 0.05) is 36.9 Å². The van der Waals surface area contributed by atoms with Crippen LogP contribution in [-0.2, 0) is 27.7 Å². The number of anilines is 2.